The summed E-state index contributed by atoms with van der Waals surface area (Å²) in [7, 11) is 1.66. The lowest BCUT2D eigenvalue weighted by molar-refractivity contribution is 0.414. The molecule has 0 aliphatic rings. The molecule has 0 unspecified atom stereocenters. The summed E-state index contributed by atoms with van der Waals surface area (Å²) in [6.45, 7) is 4.80. The summed E-state index contributed by atoms with van der Waals surface area (Å²) in [6.07, 6.45) is 1.92. The first kappa shape index (κ1) is 20.3. The average molecular weight is 439 g/mol. The molecule has 5 heteroatoms. The van der Waals surface area contributed by atoms with Crippen molar-refractivity contribution in [2.45, 2.75) is 33.2 Å². The van der Waals surface area contributed by atoms with Crippen molar-refractivity contribution in [3.05, 3.63) is 59.2 Å². The largest absolute Gasteiger partial charge is 0.497 e. The molecule has 0 saturated carbocycles. The van der Waals surface area contributed by atoms with Gasteiger partial charge in [-0.1, -0.05) is 44.2 Å². The number of rotatable bonds is 6. The quantitative estimate of drug-likeness (QED) is 0.400. The van der Waals surface area contributed by atoms with E-state index in [0.717, 1.165) is 29.8 Å². The van der Waals surface area contributed by atoms with Crippen LogP contribution in [-0.4, -0.2) is 13.1 Å². The number of nitrogens with two attached hydrogens (primary N) is 1. The maximum atomic E-state index is 6.08. The average Bonchev–Trinajstić information content (AvgIpc) is 2.60. The van der Waals surface area contributed by atoms with Gasteiger partial charge in [-0.2, -0.15) is 0 Å². The van der Waals surface area contributed by atoms with Crippen LogP contribution in [0.5, 0.6) is 5.75 Å². The highest BCUT2D eigenvalue weighted by Crippen LogP contribution is 2.22. The molecule has 3 N–H and O–H groups in total. The van der Waals surface area contributed by atoms with Gasteiger partial charge in [0.05, 0.1) is 13.7 Å². The van der Waals surface area contributed by atoms with Gasteiger partial charge < -0.3 is 15.8 Å². The number of guanidine groups is 1. The van der Waals surface area contributed by atoms with E-state index in [4.69, 9.17) is 10.5 Å². The fraction of sp³-hybridized carbons (Fsp3) is 0.316. The molecule has 0 spiro atoms. The van der Waals surface area contributed by atoms with Crippen LogP contribution < -0.4 is 15.8 Å². The predicted molar refractivity (Wildman–Crippen MR) is 113 cm³/mol. The molecule has 0 saturated heterocycles. The lowest BCUT2D eigenvalue weighted by Gasteiger charge is -2.14. The molecule has 0 aliphatic heterocycles. The van der Waals surface area contributed by atoms with Gasteiger partial charge in [-0.3, -0.25) is 0 Å². The van der Waals surface area contributed by atoms with E-state index in [0.29, 0.717) is 12.5 Å². The number of hydrogen-bond donors (Lipinski definition) is 2. The van der Waals surface area contributed by atoms with Crippen molar-refractivity contribution in [1.82, 2.24) is 0 Å². The number of para-hydroxylation sites is 1. The van der Waals surface area contributed by atoms with Gasteiger partial charge in [-0.05, 0) is 41.7 Å². The van der Waals surface area contributed by atoms with E-state index in [1.165, 1.54) is 11.1 Å². The van der Waals surface area contributed by atoms with Gasteiger partial charge in [0.25, 0.3) is 0 Å². The zero-order chi connectivity index (χ0) is 16.7. The van der Waals surface area contributed by atoms with Crippen LogP contribution in [-0.2, 0) is 19.4 Å². The first-order valence-corrected chi connectivity index (χ1v) is 7.98. The number of aryl methyl sites for hydroxylation is 2. The summed E-state index contributed by atoms with van der Waals surface area (Å²) in [5, 5.41) is 3.28. The number of ether oxygens (including phenoxy) is 1. The summed E-state index contributed by atoms with van der Waals surface area (Å²) in [5.74, 6) is 1.26. The van der Waals surface area contributed by atoms with Gasteiger partial charge in [-0.25, -0.2) is 4.99 Å². The second kappa shape index (κ2) is 10.2. The number of nitrogens with zero attached hydrogens (tertiary/aromatic N) is 1. The summed E-state index contributed by atoms with van der Waals surface area (Å²) in [6, 6.07) is 14.2. The van der Waals surface area contributed by atoms with Crippen LogP contribution in [0.25, 0.3) is 0 Å². The minimum Gasteiger partial charge on any atom is -0.497 e. The second-order valence-electron chi connectivity index (χ2n) is 5.34. The lowest BCUT2D eigenvalue weighted by atomic mass is 10.0. The number of anilines is 1. The molecular formula is C19H26IN3O. The summed E-state index contributed by atoms with van der Waals surface area (Å²) >= 11 is 0. The Balaban J connectivity index is 0.00000288. The van der Waals surface area contributed by atoms with Crippen molar-refractivity contribution in [3.8, 4) is 5.75 Å². The van der Waals surface area contributed by atoms with E-state index in [1.807, 2.05) is 24.3 Å². The van der Waals surface area contributed by atoms with Gasteiger partial charge in [0, 0.05) is 5.69 Å². The third-order valence-electron chi connectivity index (χ3n) is 3.82. The molecule has 0 amide bonds. The minimum absolute atomic E-state index is 0. The topological polar surface area (TPSA) is 59.6 Å². The Morgan fingerprint density at radius 1 is 1.08 bits per heavy atom. The van der Waals surface area contributed by atoms with E-state index in [1.54, 1.807) is 7.11 Å². The maximum Gasteiger partial charge on any atom is 0.193 e. The summed E-state index contributed by atoms with van der Waals surface area (Å²) in [5.41, 5.74) is 10.7. The van der Waals surface area contributed by atoms with Crippen LogP contribution in [0.4, 0.5) is 5.69 Å². The Kier molecular flexibility index (Phi) is 8.60. The summed E-state index contributed by atoms with van der Waals surface area (Å²) < 4.78 is 5.22. The molecule has 0 bridgehead atoms. The molecule has 4 nitrogen and oxygen atoms in total. The fourth-order valence-corrected chi connectivity index (χ4v) is 2.52. The van der Waals surface area contributed by atoms with Gasteiger partial charge in [0.1, 0.15) is 5.75 Å². The third-order valence-corrected chi connectivity index (χ3v) is 3.82. The zero-order valence-corrected chi connectivity index (χ0v) is 16.8. The Morgan fingerprint density at radius 2 is 1.71 bits per heavy atom. The summed E-state index contributed by atoms with van der Waals surface area (Å²) in [4.78, 5) is 4.44. The first-order valence-electron chi connectivity index (χ1n) is 7.98. The van der Waals surface area contributed by atoms with Gasteiger partial charge in [0.2, 0.25) is 0 Å². The van der Waals surface area contributed by atoms with Crippen molar-refractivity contribution < 1.29 is 4.74 Å². The number of aliphatic imine (C=N–C) groups is 1. The van der Waals surface area contributed by atoms with E-state index >= 15 is 0 Å². The molecule has 0 fully saturated rings. The fourth-order valence-electron chi connectivity index (χ4n) is 2.52. The molecular weight excluding hydrogens is 413 g/mol. The van der Waals surface area contributed by atoms with Crippen molar-refractivity contribution in [1.29, 1.82) is 0 Å². The molecule has 0 heterocycles. The molecule has 0 aliphatic carbocycles. The number of hydrogen-bond acceptors (Lipinski definition) is 2. The smallest absolute Gasteiger partial charge is 0.193 e. The number of nitrogens with one attached hydrogen (secondary N) is 1. The molecule has 24 heavy (non-hydrogen) atoms. The van der Waals surface area contributed by atoms with E-state index in [2.05, 4.69) is 42.4 Å². The molecule has 2 rings (SSSR count). The van der Waals surface area contributed by atoms with E-state index in [9.17, 15) is 0 Å². The second-order valence-corrected chi connectivity index (χ2v) is 5.34. The van der Waals surface area contributed by atoms with Crippen LogP contribution in [0.2, 0.25) is 0 Å². The Bertz CT molecular complexity index is 664. The number of benzene rings is 2. The molecule has 2 aromatic rings. The van der Waals surface area contributed by atoms with Gasteiger partial charge in [-0.15, -0.1) is 24.0 Å². The number of halogens is 1. The van der Waals surface area contributed by atoms with Crippen molar-refractivity contribution >= 4 is 35.6 Å². The zero-order valence-electron chi connectivity index (χ0n) is 14.5. The van der Waals surface area contributed by atoms with Crippen molar-refractivity contribution in [3.63, 3.8) is 0 Å². The van der Waals surface area contributed by atoms with Gasteiger partial charge in [0.15, 0.2) is 5.96 Å². The third kappa shape index (κ3) is 5.40. The highest BCUT2D eigenvalue weighted by molar-refractivity contribution is 14.0. The normalized spacial score (nSPS) is 10.9. The first-order chi connectivity index (χ1) is 11.2. The highest BCUT2D eigenvalue weighted by atomic mass is 127. The Labute approximate surface area is 161 Å². The molecule has 0 radical (unpaired) electrons. The van der Waals surface area contributed by atoms with Crippen LogP contribution in [0.15, 0.2) is 47.5 Å². The van der Waals surface area contributed by atoms with E-state index in [-0.39, 0.29) is 24.0 Å². The van der Waals surface area contributed by atoms with E-state index < -0.39 is 0 Å². The minimum atomic E-state index is 0. The van der Waals surface area contributed by atoms with Crippen LogP contribution >= 0.6 is 24.0 Å². The van der Waals surface area contributed by atoms with Crippen LogP contribution in [0.1, 0.15) is 30.5 Å². The highest BCUT2D eigenvalue weighted by Gasteiger charge is 2.07. The lowest BCUT2D eigenvalue weighted by Crippen LogP contribution is -2.24. The van der Waals surface area contributed by atoms with Crippen LogP contribution in [0.3, 0.4) is 0 Å². The standard InChI is InChI=1S/C19H25N3O.HI/c1-4-15-9-7-10-16(5-2)18(15)22-19(20)21-13-14-8-6-11-17(12-14)23-3;/h6-12H,4-5,13H2,1-3H3,(H3,20,21,22);1H. The molecule has 130 valence electrons. The molecule has 0 aromatic heterocycles. The van der Waals surface area contributed by atoms with Gasteiger partial charge >= 0.3 is 0 Å². The molecule has 2 aromatic carbocycles. The predicted octanol–water partition coefficient (Wildman–Crippen LogP) is 4.36. The van der Waals surface area contributed by atoms with Crippen molar-refractivity contribution in [2.75, 3.05) is 12.4 Å². The number of methoxy groups -OCH3 is 1. The maximum absolute atomic E-state index is 6.08. The Hall–Kier alpha value is -1.76. The monoisotopic (exact) mass is 439 g/mol. The Morgan fingerprint density at radius 3 is 2.29 bits per heavy atom. The van der Waals surface area contributed by atoms with Crippen molar-refractivity contribution in [2.24, 2.45) is 10.7 Å². The molecule has 0 atom stereocenters. The SMILES string of the molecule is CCc1cccc(CC)c1NC(N)=NCc1cccc(OC)c1.I. The van der Waals surface area contributed by atoms with Crippen LogP contribution in [0, 0.1) is 0 Å².